The molecule has 2 rings (SSSR count). The van der Waals surface area contributed by atoms with E-state index in [-0.39, 0.29) is 17.3 Å². The number of primary amides is 1. The Morgan fingerprint density at radius 2 is 2.09 bits per heavy atom. The maximum atomic E-state index is 12.2. The van der Waals surface area contributed by atoms with Crippen molar-refractivity contribution in [3.8, 4) is 0 Å². The van der Waals surface area contributed by atoms with Gasteiger partial charge in [-0.25, -0.2) is 0 Å². The fraction of sp³-hybridized carbons (Fsp3) is 0.231. The molecule has 0 radical (unpaired) electrons. The Kier molecular flexibility index (Phi) is 5.16. The lowest BCUT2D eigenvalue weighted by atomic mass is 10.2. The van der Waals surface area contributed by atoms with E-state index in [1.807, 2.05) is 0 Å². The van der Waals surface area contributed by atoms with Crippen LogP contribution in [0.2, 0.25) is 0 Å². The number of halogens is 1. The molecular weight excluding hydrogens is 386 g/mol. The molecule has 2 aromatic heterocycles. The van der Waals surface area contributed by atoms with E-state index in [9.17, 15) is 14.4 Å². The summed E-state index contributed by atoms with van der Waals surface area (Å²) in [6.07, 6.45) is 0. The second kappa shape index (κ2) is 6.92. The Bertz CT molecular complexity index is 770. The maximum Gasteiger partial charge on any atom is 0.271 e. The van der Waals surface area contributed by atoms with Gasteiger partial charge in [-0.15, -0.1) is 11.3 Å². The SMILES string of the molecule is Cc1[nH]nc(C(N)=O)c1NC(=O)C(C)NC(=O)c1ccc(Br)s1. The van der Waals surface area contributed by atoms with E-state index in [0.29, 0.717) is 10.6 Å². The Hall–Kier alpha value is -2.20. The van der Waals surface area contributed by atoms with Gasteiger partial charge in [0.15, 0.2) is 5.69 Å². The summed E-state index contributed by atoms with van der Waals surface area (Å²) in [5.41, 5.74) is 5.84. The van der Waals surface area contributed by atoms with Gasteiger partial charge < -0.3 is 16.4 Å². The van der Waals surface area contributed by atoms with Gasteiger partial charge in [0.2, 0.25) is 5.91 Å². The van der Waals surface area contributed by atoms with Gasteiger partial charge >= 0.3 is 0 Å². The zero-order valence-electron chi connectivity index (χ0n) is 12.3. The van der Waals surface area contributed by atoms with E-state index >= 15 is 0 Å². The van der Waals surface area contributed by atoms with Crippen molar-refractivity contribution in [3.05, 3.63) is 32.2 Å². The number of carbonyl (C=O) groups excluding carboxylic acids is 3. The molecule has 0 aliphatic carbocycles. The van der Waals surface area contributed by atoms with Crippen LogP contribution in [-0.4, -0.2) is 34.0 Å². The summed E-state index contributed by atoms with van der Waals surface area (Å²) in [6.45, 7) is 3.18. The predicted molar refractivity (Wildman–Crippen MR) is 89.4 cm³/mol. The number of nitrogens with zero attached hydrogens (tertiary/aromatic N) is 1. The molecule has 3 amide bonds. The summed E-state index contributed by atoms with van der Waals surface area (Å²) in [4.78, 5) is 36.0. The average molecular weight is 400 g/mol. The van der Waals surface area contributed by atoms with Gasteiger partial charge in [0.25, 0.3) is 11.8 Å². The lowest BCUT2D eigenvalue weighted by molar-refractivity contribution is -0.117. The number of aromatic nitrogens is 2. The highest BCUT2D eigenvalue weighted by Crippen LogP contribution is 2.22. The number of hydrogen-bond acceptors (Lipinski definition) is 5. The first-order valence-corrected chi connectivity index (χ1v) is 8.12. The van der Waals surface area contributed by atoms with Gasteiger partial charge in [0.05, 0.1) is 20.0 Å². The third-order valence-electron chi connectivity index (χ3n) is 2.97. The maximum absolute atomic E-state index is 12.2. The summed E-state index contributed by atoms with van der Waals surface area (Å²) >= 11 is 4.53. The second-order valence-corrected chi connectivity index (χ2v) is 7.19. The molecule has 1 atom stereocenters. The largest absolute Gasteiger partial charge is 0.364 e. The molecule has 0 spiro atoms. The highest BCUT2D eigenvalue weighted by atomic mass is 79.9. The van der Waals surface area contributed by atoms with Gasteiger partial charge in [0, 0.05) is 0 Å². The summed E-state index contributed by atoms with van der Waals surface area (Å²) in [5.74, 6) is -1.60. The molecule has 8 nitrogen and oxygen atoms in total. The third-order valence-corrected chi connectivity index (χ3v) is 4.59. The number of amides is 3. The highest BCUT2D eigenvalue weighted by molar-refractivity contribution is 9.11. The molecule has 2 heterocycles. The Morgan fingerprint density at radius 3 is 2.65 bits per heavy atom. The number of carbonyl (C=O) groups is 3. The molecule has 0 saturated carbocycles. The van der Waals surface area contributed by atoms with Crippen molar-refractivity contribution in [2.45, 2.75) is 19.9 Å². The Morgan fingerprint density at radius 1 is 1.39 bits per heavy atom. The monoisotopic (exact) mass is 399 g/mol. The summed E-state index contributed by atoms with van der Waals surface area (Å²) in [5, 5.41) is 11.4. The summed E-state index contributed by atoms with van der Waals surface area (Å²) in [6, 6.07) is 2.59. The predicted octanol–water partition coefficient (Wildman–Crippen LogP) is 1.40. The molecule has 0 aromatic carbocycles. The smallest absolute Gasteiger partial charge is 0.271 e. The van der Waals surface area contributed by atoms with Crippen molar-refractivity contribution in [3.63, 3.8) is 0 Å². The van der Waals surface area contributed by atoms with Gasteiger partial charge in [-0.2, -0.15) is 5.10 Å². The van der Waals surface area contributed by atoms with Crippen molar-refractivity contribution in [1.29, 1.82) is 0 Å². The zero-order valence-corrected chi connectivity index (χ0v) is 14.7. The minimum atomic E-state index is -0.807. The number of aryl methyl sites for hydroxylation is 1. The number of anilines is 1. The standard InChI is InChI=1S/C13H14BrN5O3S/c1-5-9(10(11(15)20)19-18-5)17-12(21)6(2)16-13(22)7-3-4-8(14)23-7/h3-4,6H,1-2H3,(H2,15,20)(H,16,22)(H,17,21)(H,18,19). The molecule has 1 unspecified atom stereocenters. The van der Waals surface area contributed by atoms with Gasteiger partial charge in [-0.05, 0) is 41.9 Å². The minimum absolute atomic E-state index is 0.0587. The lowest BCUT2D eigenvalue weighted by Gasteiger charge is -2.13. The van der Waals surface area contributed by atoms with Crippen molar-refractivity contribution >= 4 is 50.7 Å². The van der Waals surface area contributed by atoms with E-state index in [0.717, 1.165) is 3.79 Å². The molecular formula is C13H14BrN5O3S. The first kappa shape index (κ1) is 17.2. The molecule has 0 saturated heterocycles. The Labute approximate surface area is 144 Å². The molecule has 10 heteroatoms. The highest BCUT2D eigenvalue weighted by Gasteiger charge is 2.22. The summed E-state index contributed by atoms with van der Waals surface area (Å²) < 4.78 is 0.819. The number of hydrogen-bond donors (Lipinski definition) is 4. The number of H-pyrrole nitrogens is 1. The van der Waals surface area contributed by atoms with E-state index < -0.39 is 17.9 Å². The van der Waals surface area contributed by atoms with Gasteiger partial charge in [0.1, 0.15) is 6.04 Å². The van der Waals surface area contributed by atoms with Crippen LogP contribution in [-0.2, 0) is 4.79 Å². The van der Waals surface area contributed by atoms with Gasteiger partial charge in [-0.3, -0.25) is 19.5 Å². The second-order valence-electron chi connectivity index (χ2n) is 4.72. The fourth-order valence-corrected chi connectivity index (χ4v) is 3.05. The van der Waals surface area contributed by atoms with Crippen LogP contribution in [0, 0.1) is 6.92 Å². The molecule has 23 heavy (non-hydrogen) atoms. The van der Waals surface area contributed by atoms with Crippen LogP contribution in [0.3, 0.4) is 0 Å². The van der Waals surface area contributed by atoms with Crippen LogP contribution in [0.25, 0.3) is 0 Å². The quantitative estimate of drug-likeness (QED) is 0.604. The fourth-order valence-electron chi connectivity index (χ4n) is 1.76. The van der Waals surface area contributed by atoms with Crippen molar-refractivity contribution in [2.75, 3.05) is 5.32 Å². The molecule has 0 aliphatic rings. The van der Waals surface area contributed by atoms with E-state index in [2.05, 4.69) is 36.8 Å². The van der Waals surface area contributed by atoms with E-state index in [4.69, 9.17) is 5.73 Å². The number of thiophene rings is 1. The van der Waals surface area contributed by atoms with Crippen molar-refractivity contribution < 1.29 is 14.4 Å². The van der Waals surface area contributed by atoms with Crippen molar-refractivity contribution in [2.24, 2.45) is 5.73 Å². The van der Waals surface area contributed by atoms with Crippen LogP contribution in [0.15, 0.2) is 15.9 Å². The van der Waals surface area contributed by atoms with Crippen LogP contribution < -0.4 is 16.4 Å². The summed E-state index contributed by atoms with van der Waals surface area (Å²) in [7, 11) is 0. The molecule has 0 bridgehead atoms. The third kappa shape index (κ3) is 3.96. The van der Waals surface area contributed by atoms with Crippen LogP contribution in [0.4, 0.5) is 5.69 Å². The molecule has 2 aromatic rings. The van der Waals surface area contributed by atoms with Crippen molar-refractivity contribution in [1.82, 2.24) is 15.5 Å². The molecule has 0 aliphatic heterocycles. The first-order chi connectivity index (χ1) is 10.8. The lowest BCUT2D eigenvalue weighted by Crippen LogP contribution is -2.41. The normalized spacial score (nSPS) is 11.8. The van der Waals surface area contributed by atoms with Crippen LogP contribution >= 0.6 is 27.3 Å². The van der Waals surface area contributed by atoms with E-state index in [1.165, 1.54) is 18.3 Å². The van der Waals surface area contributed by atoms with Crippen LogP contribution in [0.1, 0.15) is 32.8 Å². The molecule has 5 N–H and O–H groups in total. The minimum Gasteiger partial charge on any atom is -0.364 e. The number of aromatic amines is 1. The Balaban J connectivity index is 2.05. The van der Waals surface area contributed by atoms with Crippen LogP contribution in [0.5, 0.6) is 0 Å². The van der Waals surface area contributed by atoms with E-state index in [1.54, 1.807) is 19.1 Å². The van der Waals surface area contributed by atoms with Gasteiger partial charge in [-0.1, -0.05) is 0 Å². The number of rotatable bonds is 5. The molecule has 0 fully saturated rings. The topological polar surface area (TPSA) is 130 Å². The average Bonchev–Trinajstić information content (AvgIpc) is 3.06. The first-order valence-electron chi connectivity index (χ1n) is 6.51. The zero-order chi connectivity index (χ0) is 17.1. The number of nitrogens with two attached hydrogens (primary N) is 1. The number of nitrogens with one attached hydrogen (secondary N) is 3. The molecule has 122 valence electrons.